The van der Waals surface area contributed by atoms with Crippen molar-refractivity contribution in [3.8, 4) is 0 Å². The van der Waals surface area contributed by atoms with Crippen LogP contribution in [-0.4, -0.2) is 0 Å². The maximum Gasteiger partial charge on any atom is 0 e. The van der Waals surface area contributed by atoms with E-state index in [4.69, 9.17) is 0 Å². The summed E-state index contributed by atoms with van der Waals surface area (Å²) < 4.78 is 0. The van der Waals surface area contributed by atoms with Gasteiger partial charge in [-0.05, 0) is 0 Å². The van der Waals surface area contributed by atoms with Gasteiger partial charge in [0.2, 0.25) is 0 Å². The van der Waals surface area contributed by atoms with E-state index >= 15 is 0 Å². The van der Waals surface area contributed by atoms with Crippen molar-refractivity contribution in [1.29, 1.82) is 0 Å². The maximum atomic E-state index is 2.96. The minimum atomic E-state index is 0. The molecule has 0 aliphatic carbocycles. The molecular formula is C7H7Y-. The van der Waals surface area contributed by atoms with Gasteiger partial charge in [0.1, 0.15) is 0 Å². The monoisotopic (exact) mass is 180 g/mol. The normalized spacial score (nSPS) is 7.62. The van der Waals surface area contributed by atoms with E-state index < -0.39 is 0 Å². The summed E-state index contributed by atoms with van der Waals surface area (Å²) in [6.45, 7) is 2.05. The Morgan fingerprint density at radius 3 is 2.50 bits per heavy atom. The third kappa shape index (κ3) is 2.59. The fourth-order valence-corrected chi connectivity index (χ4v) is 0.483. The minimum absolute atomic E-state index is 0. The molecule has 0 aromatic heterocycles. The Bertz CT molecular complexity index is 134. The first kappa shape index (κ1) is 8.32. The van der Waals surface area contributed by atoms with Crippen LogP contribution in [0.4, 0.5) is 0 Å². The van der Waals surface area contributed by atoms with Gasteiger partial charge in [-0.1, -0.05) is 6.92 Å². The van der Waals surface area contributed by atoms with Crippen molar-refractivity contribution in [2.45, 2.75) is 6.92 Å². The molecule has 1 rings (SSSR count). The summed E-state index contributed by atoms with van der Waals surface area (Å²) in [5.74, 6) is 0. The first-order valence-corrected chi connectivity index (χ1v) is 2.32. The van der Waals surface area contributed by atoms with Crippen LogP contribution in [0.25, 0.3) is 0 Å². The van der Waals surface area contributed by atoms with Crippen LogP contribution in [0.5, 0.6) is 0 Å². The molecule has 0 saturated heterocycles. The average molecular weight is 180 g/mol. The molecule has 0 atom stereocenters. The molecule has 0 saturated carbocycles. The largest absolute Gasteiger partial charge is 0.184 e. The van der Waals surface area contributed by atoms with Gasteiger partial charge in [-0.3, -0.25) is 0 Å². The molecule has 0 amide bonds. The van der Waals surface area contributed by atoms with Crippen LogP contribution in [0, 0.1) is 13.0 Å². The van der Waals surface area contributed by atoms with Crippen LogP contribution in [0.3, 0.4) is 0 Å². The Labute approximate surface area is 75.2 Å². The van der Waals surface area contributed by atoms with Crippen molar-refractivity contribution < 1.29 is 32.7 Å². The van der Waals surface area contributed by atoms with Gasteiger partial charge < -0.3 is 0 Å². The van der Waals surface area contributed by atoms with E-state index in [-0.39, 0.29) is 32.7 Å². The number of rotatable bonds is 0. The summed E-state index contributed by atoms with van der Waals surface area (Å²) in [6, 6.07) is 10.8. The zero-order valence-electron chi connectivity index (χ0n) is 4.89. The first-order chi connectivity index (χ1) is 3.39. The number of benzene rings is 1. The SMILES string of the molecule is Cc1c[c-]ccc1.[Y]. The molecule has 0 bridgehead atoms. The number of hydrogen-bond acceptors (Lipinski definition) is 0. The molecule has 39 valence electrons. The summed E-state index contributed by atoms with van der Waals surface area (Å²) >= 11 is 0. The summed E-state index contributed by atoms with van der Waals surface area (Å²) in [4.78, 5) is 0. The van der Waals surface area contributed by atoms with E-state index in [0.29, 0.717) is 0 Å². The second-order valence-electron chi connectivity index (χ2n) is 1.58. The Morgan fingerprint density at radius 2 is 2.25 bits per heavy atom. The van der Waals surface area contributed by atoms with Gasteiger partial charge in [-0.25, -0.2) is 0 Å². The van der Waals surface area contributed by atoms with Crippen molar-refractivity contribution in [2.75, 3.05) is 0 Å². The Kier molecular flexibility index (Phi) is 4.40. The van der Waals surface area contributed by atoms with Crippen LogP contribution in [-0.2, 0) is 32.7 Å². The van der Waals surface area contributed by atoms with Gasteiger partial charge in [0.15, 0.2) is 0 Å². The van der Waals surface area contributed by atoms with Gasteiger partial charge in [0, 0.05) is 32.7 Å². The molecule has 1 aromatic rings. The van der Waals surface area contributed by atoms with Crippen LogP contribution >= 0.6 is 0 Å². The second kappa shape index (κ2) is 4.23. The maximum absolute atomic E-state index is 2.96. The molecule has 0 aliphatic heterocycles. The first-order valence-electron chi connectivity index (χ1n) is 2.32. The quantitative estimate of drug-likeness (QED) is 0.534. The van der Waals surface area contributed by atoms with E-state index in [2.05, 4.69) is 19.1 Å². The van der Waals surface area contributed by atoms with Crippen LogP contribution in [0.15, 0.2) is 24.3 Å². The Balaban J connectivity index is 0.000000490. The molecule has 8 heavy (non-hydrogen) atoms. The van der Waals surface area contributed by atoms with Crippen LogP contribution < -0.4 is 0 Å². The predicted octanol–water partition coefficient (Wildman–Crippen LogP) is 1.79. The molecule has 0 N–H and O–H groups in total. The molecular weight excluding hydrogens is 173 g/mol. The molecule has 0 unspecified atom stereocenters. The van der Waals surface area contributed by atoms with Crippen molar-refractivity contribution in [2.24, 2.45) is 0 Å². The molecule has 0 aliphatic rings. The van der Waals surface area contributed by atoms with Gasteiger partial charge in [-0.2, -0.15) is 35.9 Å². The average Bonchev–Trinajstić information content (AvgIpc) is 1.69. The van der Waals surface area contributed by atoms with Crippen LogP contribution in [0.1, 0.15) is 5.56 Å². The summed E-state index contributed by atoms with van der Waals surface area (Å²) in [7, 11) is 0. The summed E-state index contributed by atoms with van der Waals surface area (Å²) in [5, 5.41) is 0. The van der Waals surface area contributed by atoms with Gasteiger partial charge in [0.05, 0.1) is 0 Å². The smallest absolute Gasteiger partial charge is 0 e. The molecule has 0 heterocycles. The molecule has 0 spiro atoms. The van der Waals surface area contributed by atoms with Crippen molar-refractivity contribution in [1.82, 2.24) is 0 Å². The van der Waals surface area contributed by atoms with Crippen molar-refractivity contribution >= 4 is 0 Å². The van der Waals surface area contributed by atoms with E-state index in [0.717, 1.165) is 0 Å². The van der Waals surface area contributed by atoms with E-state index in [9.17, 15) is 0 Å². The van der Waals surface area contributed by atoms with Gasteiger partial charge >= 0.3 is 0 Å². The van der Waals surface area contributed by atoms with E-state index in [1.807, 2.05) is 18.2 Å². The van der Waals surface area contributed by atoms with E-state index in [1.165, 1.54) is 5.56 Å². The Hall–Kier alpha value is 0.324. The Morgan fingerprint density at radius 1 is 1.50 bits per heavy atom. The molecule has 1 heteroatoms. The van der Waals surface area contributed by atoms with Gasteiger partial charge in [-0.15, -0.1) is 0 Å². The fraction of sp³-hybridized carbons (Fsp3) is 0.143. The third-order valence-electron chi connectivity index (χ3n) is 0.863. The minimum Gasteiger partial charge on any atom is -0.184 e. The second-order valence-corrected chi connectivity index (χ2v) is 1.58. The zero-order valence-corrected chi connectivity index (χ0v) is 7.73. The summed E-state index contributed by atoms with van der Waals surface area (Å²) in [6.07, 6.45) is 0. The predicted molar refractivity (Wildman–Crippen MR) is 30.0 cm³/mol. The van der Waals surface area contributed by atoms with Crippen LogP contribution in [0.2, 0.25) is 0 Å². The van der Waals surface area contributed by atoms with Gasteiger partial charge in [0.25, 0.3) is 0 Å². The molecule has 0 fully saturated rings. The zero-order chi connectivity index (χ0) is 5.11. The topological polar surface area (TPSA) is 0 Å². The summed E-state index contributed by atoms with van der Waals surface area (Å²) in [5.41, 5.74) is 1.27. The number of aryl methyl sites for hydroxylation is 1. The standard InChI is InChI=1S/C7H7.Y/c1-7-5-3-2-4-6-7;/h2-3,5-6H,1H3;/q-1;. The van der Waals surface area contributed by atoms with E-state index in [1.54, 1.807) is 0 Å². The number of hydrogen-bond donors (Lipinski definition) is 0. The third-order valence-corrected chi connectivity index (χ3v) is 0.863. The van der Waals surface area contributed by atoms with Crippen molar-refractivity contribution in [3.05, 3.63) is 35.9 Å². The molecule has 0 nitrogen and oxygen atoms in total. The fourth-order valence-electron chi connectivity index (χ4n) is 0.483. The van der Waals surface area contributed by atoms with Crippen molar-refractivity contribution in [3.63, 3.8) is 0 Å². The molecule has 1 aromatic carbocycles. The molecule has 1 radical (unpaired) electrons.